The maximum Gasteiger partial charge on any atom is 0.242 e. The van der Waals surface area contributed by atoms with E-state index in [1.165, 1.54) is 5.56 Å². The van der Waals surface area contributed by atoms with Crippen molar-refractivity contribution >= 4 is 5.91 Å². The van der Waals surface area contributed by atoms with E-state index in [1.807, 2.05) is 59.5 Å². The molecule has 1 atom stereocenters. The molecule has 1 aliphatic heterocycles. The molecule has 0 bridgehead atoms. The molecule has 0 aliphatic carbocycles. The Kier molecular flexibility index (Phi) is 5.00. The minimum atomic E-state index is 0.146. The van der Waals surface area contributed by atoms with Crippen LogP contribution in [0, 0.1) is 6.92 Å². The normalized spacial score (nSPS) is 17.2. The summed E-state index contributed by atoms with van der Waals surface area (Å²) in [7, 11) is 0. The maximum absolute atomic E-state index is 12.8. The number of carbonyl (C=O) groups excluding carboxylic acids is 1. The number of nitrogens with zero attached hydrogens (tertiary/aromatic N) is 6. The van der Waals surface area contributed by atoms with Crippen LogP contribution in [-0.2, 0) is 17.9 Å². The summed E-state index contributed by atoms with van der Waals surface area (Å²) < 4.78 is 4.09. The van der Waals surface area contributed by atoms with Crippen molar-refractivity contribution in [2.45, 2.75) is 38.8 Å². The Morgan fingerprint density at radius 2 is 1.89 bits per heavy atom. The van der Waals surface area contributed by atoms with E-state index >= 15 is 0 Å². The molecule has 3 aromatic rings. The van der Waals surface area contributed by atoms with Crippen molar-refractivity contribution in [3.63, 3.8) is 0 Å². The van der Waals surface area contributed by atoms with Crippen LogP contribution in [0.25, 0.3) is 0 Å². The van der Waals surface area contributed by atoms with Gasteiger partial charge >= 0.3 is 0 Å². The van der Waals surface area contributed by atoms with E-state index in [2.05, 4.69) is 19.5 Å². The van der Waals surface area contributed by atoms with E-state index in [0.29, 0.717) is 6.54 Å². The molecule has 0 radical (unpaired) electrons. The molecule has 1 fully saturated rings. The van der Waals surface area contributed by atoms with Gasteiger partial charge in [0.2, 0.25) is 5.91 Å². The van der Waals surface area contributed by atoms with Crippen LogP contribution in [0.3, 0.4) is 0 Å². The Hall–Kier alpha value is -2.96. The molecule has 1 amide bonds. The molecule has 4 rings (SSSR count). The Labute approximate surface area is 158 Å². The fourth-order valence-corrected chi connectivity index (χ4v) is 3.73. The summed E-state index contributed by atoms with van der Waals surface area (Å²) in [4.78, 5) is 27.6. The van der Waals surface area contributed by atoms with E-state index < -0.39 is 0 Å². The van der Waals surface area contributed by atoms with Crippen molar-refractivity contribution in [1.29, 1.82) is 0 Å². The summed E-state index contributed by atoms with van der Waals surface area (Å²) in [6, 6.07) is 4.04. The molecule has 1 aliphatic rings. The highest BCUT2D eigenvalue weighted by Gasteiger charge is 2.27. The predicted octanol–water partition coefficient (Wildman–Crippen LogP) is 2.24. The molecule has 0 saturated carbocycles. The second-order valence-corrected chi connectivity index (χ2v) is 7.05. The van der Waals surface area contributed by atoms with Crippen LogP contribution in [0.1, 0.15) is 36.0 Å². The molecule has 27 heavy (non-hydrogen) atoms. The van der Waals surface area contributed by atoms with Crippen LogP contribution in [0.4, 0.5) is 0 Å². The zero-order chi connectivity index (χ0) is 18.6. The lowest BCUT2D eigenvalue weighted by Gasteiger charge is -2.33. The van der Waals surface area contributed by atoms with E-state index in [1.54, 1.807) is 6.20 Å². The second kappa shape index (κ2) is 7.73. The van der Waals surface area contributed by atoms with Gasteiger partial charge in [0.15, 0.2) is 0 Å². The van der Waals surface area contributed by atoms with Gasteiger partial charge in [-0.15, -0.1) is 0 Å². The first kappa shape index (κ1) is 17.5. The molecule has 0 unspecified atom stereocenters. The summed E-state index contributed by atoms with van der Waals surface area (Å²) in [5, 5.41) is 0. The number of amides is 1. The van der Waals surface area contributed by atoms with Crippen LogP contribution in [0.5, 0.6) is 0 Å². The third-order valence-electron chi connectivity index (χ3n) is 5.22. The second-order valence-electron chi connectivity index (χ2n) is 7.05. The van der Waals surface area contributed by atoms with Crippen molar-refractivity contribution < 1.29 is 4.79 Å². The molecule has 0 N–H and O–H groups in total. The first-order chi connectivity index (χ1) is 13.2. The van der Waals surface area contributed by atoms with Gasteiger partial charge in [-0.1, -0.05) is 0 Å². The average molecular weight is 364 g/mol. The van der Waals surface area contributed by atoms with Gasteiger partial charge in [-0.25, -0.2) is 9.97 Å². The molecule has 1 saturated heterocycles. The van der Waals surface area contributed by atoms with Crippen molar-refractivity contribution in [2.75, 3.05) is 13.1 Å². The minimum Gasteiger partial charge on any atom is -0.340 e. The Bertz CT molecular complexity index is 900. The van der Waals surface area contributed by atoms with E-state index in [4.69, 9.17) is 0 Å². The smallest absolute Gasteiger partial charge is 0.242 e. The molecular weight excluding hydrogens is 340 g/mol. The zero-order valence-electron chi connectivity index (χ0n) is 15.5. The number of rotatable bonds is 5. The Morgan fingerprint density at radius 1 is 1.11 bits per heavy atom. The number of hydrogen-bond donors (Lipinski definition) is 0. The SMILES string of the molecule is Cc1nccn1CC(=O)N1CCC[C@H](c2nccn2Cc2ccncc2)C1. The molecular formula is C20H24N6O. The van der Waals surface area contributed by atoms with Gasteiger partial charge in [0.1, 0.15) is 18.2 Å². The summed E-state index contributed by atoms with van der Waals surface area (Å²) in [6.45, 7) is 4.58. The fraction of sp³-hybridized carbons (Fsp3) is 0.400. The lowest BCUT2D eigenvalue weighted by atomic mass is 9.97. The molecule has 0 spiro atoms. The average Bonchev–Trinajstić information content (AvgIpc) is 3.32. The van der Waals surface area contributed by atoms with Gasteiger partial charge in [0.25, 0.3) is 0 Å². The summed E-state index contributed by atoms with van der Waals surface area (Å²) in [6.07, 6.45) is 13.1. The predicted molar refractivity (Wildman–Crippen MR) is 101 cm³/mol. The van der Waals surface area contributed by atoms with Crippen LogP contribution < -0.4 is 0 Å². The highest BCUT2D eigenvalue weighted by molar-refractivity contribution is 5.76. The number of pyridine rings is 1. The molecule has 7 nitrogen and oxygen atoms in total. The number of hydrogen-bond acceptors (Lipinski definition) is 4. The summed E-state index contributed by atoms with van der Waals surface area (Å²) >= 11 is 0. The molecule has 7 heteroatoms. The van der Waals surface area contributed by atoms with Gasteiger partial charge in [-0.05, 0) is 37.5 Å². The lowest BCUT2D eigenvalue weighted by Crippen LogP contribution is -2.41. The van der Waals surface area contributed by atoms with Gasteiger partial charge in [-0.3, -0.25) is 9.78 Å². The quantitative estimate of drug-likeness (QED) is 0.696. The number of aromatic nitrogens is 5. The van der Waals surface area contributed by atoms with Gasteiger partial charge in [0.05, 0.1) is 0 Å². The van der Waals surface area contributed by atoms with E-state index in [-0.39, 0.29) is 11.8 Å². The number of imidazole rings is 2. The lowest BCUT2D eigenvalue weighted by molar-refractivity contribution is -0.133. The Morgan fingerprint density at radius 3 is 2.67 bits per heavy atom. The first-order valence-electron chi connectivity index (χ1n) is 9.36. The van der Waals surface area contributed by atoms with Crippen LogP contribution >= 0.6 is 0 Å². The summed E-state index contributed by atoms with van der Waals surface area (Å²) in [5.41, 5.74) is 1.20. The maximum atomic E-state index is 12.8. The highest BCUT2D eigenvalue weighted by atomic mass is 16.2. The molecule has 0 aromatic carbocycles. The molecule has 4 heterocycles. The molecule has 140 valence electrons. The van der Waals surface area contributed by atoms with Crippen molar-refractivity contribution in [3.8, 4) is 0 Å². The largest absolute Gasteiger partial charge is 0.340 e. The van der Waals surface area contributed by atoms with Gasteiger partial charge < -0.3 is 14.0 Å². The standard InChI is InChI=1S/C20H24N6O/c1-16-22-8-11-24(16)15-19(27)25-10-2-3-18(14-25)20-23-9-12-26(20)13-17-4-6-21-7-5-17/h4-9,11-12,18H,2-3,10,13-15H2,1H3/t18-/m0/s1. The zero-order valence-corrected chi connectivity index (χ0v) is 15.5. The van der Waals surface area contributed by atoms with E-state index in [9.17, 15) is 4.79 Å². The van der Waals surface area contributed by atoms with Crippen LogP contribution in [0.15, 0.2) is 49.3 Å². The number of carbonyl (C=O) groups is 1. The number of aryl methyl sites for hydroxylation is 1. The highest BCUT2D eigenvalue weighted by Crippen LogP contribution is 2.26. The first-order valence-corrected chi connectivity index (χ1v) is 9.36. The number of likely N-dealkylation sites (tertiary alicyclic amines) is 1. The topological polar surface area (TPSA) is 68.8 Å². The minimum absolute atomic E-state index is 0.146. The third kappa shape index (κ3) is 3.92. The van der Waals surface area contributed by atoms with Crippen LogP contribution in [-0.4, -0.2) is 48.0 Å². The van der Waals surface area contributed by atoms with Gasteiger partial charge in [0, 0.05) is 62.7 Å². The number of piperidine rings is 1. The summed E-state index contributed by atoms with van der Waals surface area (Å²) in [5.74, 6) is 2.34. The van der Waals surface area contributed by atoms with E-state index in [0.717, 1.165) is 44.1 Å². The van der Waals surface area contributed by atoms with Crippen molar-refractivity contribution in [3.05, 3.63) is 66.5 Å². The third-order valence-corrected chi connectivity index (χ3v) is 5.22. The van der Waals surface area contributed by atoms with Crippen molar-refractivity contribution in [2.24, 2.45) is 0 Å². The molecule has 3 aromatic heterocycles. The Balaban J connectivity index is 1.45. The monoisotopic (exact) mass is 364 g/mol. The fourth-order valence-electron chi connectivity index (χ4n) is 3.73. The van der Waals surface area contributed by atoms with Gasteiger partial charge in [-0.2, -0.15) is 0 Å². The van der Waals surface area contributed by atoms with Crippen molar-refractivity contribution in [1.82, 2.24) is 29.0 Å². The van der Waals surface area contributed by atoms with Crippen LogP contribution in [0.2, 0.25) is 0 Å².